The molecule has 0 atom stereocenters. The molecule has 90 valence electrons. The third-order valence-electron chi connectivity index (χ3n) is 1.99. The van der Waals surface area contributed by atoms with Gasteiger partial charge < -0.3 is 4.52 Å². The van der Waals surface area contributed by atoms with Crippen molar-refractivity contribution < 1.29 is 14.2 Å². The molecule has 0 aromatic carbocycles. The molecular weight excluding hydrogens is 228 g/mol. The van der Waals surface area contributed by atoms with Crippen LogP contribution in [0.2, 0.25) is 0 Å². The zero-order valence-corrected chi connectivity index (χ0v) is 10.5. The van der Waals surface area contributed by atoms with Crippen LogP contribution in [0.1, 0.15) is 23.9 Å². The summed E-state index contributed by atoms with van der Waals surface area (Å²) in [5.74, 6) is 1.78. The van der Waals surface area contributed by atoms with Gasteiger partial charge in [-0.25, -0.2) is 5.48 Å². The van der Waals surface area contributed by atoms with Crippen molar-refractivity contribution in [2.75, 3.05) is 12.4 Å². The van der Waals surface area contributed by atoms with Crippen molar-refractivity contribution in [3.63, 3.8) is 0 Å². The van der Waals surface area contributed by atoms with E-state index in [4.69, 9.17) is 9.36 Å². The lowest BCUT2D eigenvalue weighted by Crippen LogP contribution is -2.25. The molecule has 1 N–H and O–H groups in total. The van der Waals surface area contributed by atoms with Gasteiger partial charge in [-0.3, -0.25) is 9.63 Å². The Morgan fingerprint density at radius 2 is 2.31 bits per heavy atom. The number of hydrogen-bond acceptors (Lipinski definition) is 5. The predicted molar refractivity (Wildman–Crippen MR) is 61.9 cm³/mol. The number of hydrogen-bond donors (Lipinski definition) is 1. The lowest BCUT2D eigenvalue weighted by atomic mass is 10.2. The second-order valence-corrected chi connectivity index (χ2v) is 4.24. The highest BCUT2D eigenvalue weighted by atomic mass is 32.2. The lowest BCUT2D eigenvalue weighted by molar-refractivity contribution is -0.130. The van der Waals surface area contributed by atoms with E-state index in [9.17, 15) is 4.79 Å². The van der Waals surface area contributed by atoms with Crippen molar-refractivity contribution in [3.05, 3.63) is 17.0 Å². The Balaban J connectivity index is 2.28. The number of aryl methyl sites for hydroxylation is 2. The topological polar surface area (TPSA) is 64.4 Å². The smallest absolute Gasteiger partial charge is 0.253 e. The molecule has 1 heterocycles. The Hall–Kier alpha value is -1.01. The Morgan fingerprint density at radius 1 is 1.56 bits per heavy atom. The van der Waals surface area contributed by atoms with Crippen LogP contribution in [-0.2, 0) is 15.4 Å². The van der Waals surface area contributed by atoms with E-state index in [2.05, 4.69) is 10.6 Å². The number of rotatable bonds is 6. The van der Waals surface area contributed by atoms with Gasteiger partial charge in [0.2, 0.25) is 0 Å². The molecule has 16 heavy (non-hydrogen) atoms. The Bertz CT molecular complexity index is 332. The van der Waals surface area contributed by atoms with Crippen molar-refractivity contribution in [1.29, 1.82) is 0 Å². The van der Waals surface area contributed by atoms with E-state index >= 15 is 0 Å². The first-order chi connectivity index (χ1) is 7.65. The Kier molecular flexibility index (Phi) is 5.34. The summed E-state index contributed by atoms with van der Waals surface area (Å²) >= 11 is 1.51. The number of nitrogens with zero attached hydrogens (tertiary/aromatic N) is 1. The highest BCUT2D eigenvalue weighted by Gasteiger charge is 2.09. The highest BCUT2D eigenvalue weighted by molar-refractivity contribution is 7.99. The fraction of sp³-hybridized carbons (Fsp3) is 0.600. The van der Waals surface area contributed by atoms with Crippen LogP contribution >= 0.6 is 11.8 Å². The van der Waals surface area contributed by atoms with Crippen molar-refractivity contribution in [3.8, 4) is 0 Å². The van der Waals surface area contributed by atoms with Crippen molar-refractivity contribution in [2.45, 2.75) is 26.5 Å². The third-order valence-corrected chi connectivity index (χ3v) is 2.95. The van der Waals surface area contributed by atoms with Crippen molar-refractivity contribution in [1.82, 2.24) is 10.6 Å². The van der Waals surface area contributed by atoms with E-state index in [1.54, 1.807) is 0 Å². The first kappa shape index (κ1) is 13.1. The number of carbonyl (C=O) groups excluding carboxylic acids is 1. The van der Waals surface area contributed by atoms with Crippen molar-refractivity contribution in [2.24, 2.45) is 0 Å². The van der Waals surface area contributed by atoms with E-state index in [-0.39, 0.29) is 5.91 Å². The first-order valence-corrected chi connectivity index (χ1v) is 6.20. The molecule has 0 fully saturated rings. The van der Waals surface area contributed by atoms with Gasteiger partial charge >= 0.3 is 0 Å². The molecule has 1 aromatic heterocycles. The molecule has 5 nitrogen and oxygen atoms in total. The maximum atomic E-state index is 11.2. The second kappa shape index (κ2) is 6.55. The van der Waals surface area contributed by atoms with Crippen LogP contribution in [0.3, 0.4) is 0 Å². The molecule has 6 heteroatoms. The SMILES string of the molecule is CCONC(=O)CSCc1c(C)noc1C. The fourth-order valence-corrected chi connectivity index (χ4v) is 2.10. The molecule has 0 bridgehead atoms. The molecule has 0 unspecified atom stereocenters. The van der Waals surface area contributed by atoms with Gasteiger partial charge in [0, 0.05) is 11.3 Å². The molecular formula is C10H16N2O3S. The summed E-state index contributed by atoms with van der Waals surface area (Å²) in [7, 11) is 0. The first-order valence-electron chi connectivity index (χ1n) is 5.05. The van der Waals surface area contributed by atoms with Gasteiger partial charge in [0.15, 0.2) is 0 Å². The molecule has 0 saturated heterocycles. The monoisotopic (exact) mass is 244 g/mol. The normalized spacial score (nSPS) is 10.4. The summed E-state index contributed by atoms with van der Waals surface area (Å²) in [5.41, 5.74) is 4.29. The summed E-state index contributed by atoms with van der Waals surface area (Å²) in [6.45, 7) is 6.06. The van der Waals surface area contributed by atoms with Crippen LogP contribution < -0.4 is 5.48 Å². The summed E-state index contributed by atoms with van der Waals surface area (Å²) in [6, 6.07) is 0. The zero-order chi connectivity index (χ0) is 12.0. The molecule has 1 rings (SSSR count). The van der Waals surface area contributed by atoms with E-state index in [1.807, 2.05) is 20.8 Å². The van der Waals surface area contributed by atoms with Crippen molar-refractivity contribution >= 4 is 17.7 Å². The van der Waals surface area contributed by atoms with Gasteiger partial charge in [-0.2, -0.15) is 0 Å². The summed E-state index contributed by atoms with van der Waals surface area (Å²) in [4.78, 5) is 16.0. The van der Waals surface area contributed by atoms with E-state index in [0.29, 0.717) is 12.4 Å². The van der Waals surface area contributed by atoms with Crippen LogP contribution in [-0.4, -0.2) is 23.4 Å². The maximum absolute atomic E-state index is 11.2. The molecule has 0 aliphatic heterocycles. The van der Waals surface area contributed by atoms with Gasteiger partial charge in [0.1, 0.15) is 5.76 Å². The van der Waals surface area contributed by atoms with Crippen LogP contribution in [0, 0.1) is 13.8 Å². The van der Waals surface area contributed by atoms with Gasteiger partial charge in [-0.1, -0.05) is 5.16 Å². The van der Waals surface area contributed by atoms with Gasteiger partial charge in [-0.15, -0.1) is 11.8 Å². The predicted octanol–water partition coefficient (Wildman–Crippen LogP) is 1.59. The average molecular weight is 244 g/mol. The minimum absolute atomic E-state index is 0.126. The summed E-state index contributed by atoms with van der Waals surface area (Å²) < 4.78 is 5.03. The van der Waals surface area contributed by atoms with Crippen LogP contribution in [0.5, 0.6) is 0 Å². The summed E-state index contributed by atoms with van der Waals surface area (Å²) in [6.07, 6.45) is 0. The van der Waals surface area contributed by atoms with Gasteiger partial charge in [-0.05, 0) is 20.8 Å². The molecule has 1 amide bonds. The van der Waals surface area contributed by atoms with E-state index in [0.717, 1.165) is 22.8 Å². The Labute approximate surface area is 98.9 Å². The molecule has 0 radical (unpaired) electrons. The average Bonchev–Trinajstić information content (AvgIpc) is 2.57. The minimum Gasteiger partial charge on any atom is -0.361 e. The van der Waals surface area contributed by atoms with Crippen LogP contribution in [0.25, 0.3) is 0 Å². The molecule has 1 aromatic rings. The zero-order valence-electron chi connectivity index (χ0n) is 9.70. The van der Waals surface area contributed by atoms with Gasteiger partial charge in [0.05, 0.1) is 18.1 Å². The number of hydroxylamine groups is 1. The minimum atomic E-state index is -0.126. The van der Waals surface area contributed by atoms with Crippen LogP contribution in [0.15, 0.2) is 4.52 Å². The molecule has 0 spiro atoms. The standard InChI is InChI=1S/C10H16N2O3S/c1-4-14-12-10(13)6-16-5-9-7(2)11-15-8(9)3/h4-6H2,1-3H3,(H,12,13). The van der Waals surface area contributed by atoms with E-state index in [1.165, 1.54) is 11.8 Å². The number of nitrogens with one attached hydrogen (secondary N) is 1. The number of aromatic nitrogens is 1. The third kappa shape index (κ3) is 3.86. The number of amides is 1. The van der Waals surface area contributed by atoms with Gasteiger partial charge in [0.25, 0.3) is 5.91 Å². The largest absolute Gasteiger partial charge is 0.361 e. The molecule has 0 saturated carbocycles. The lowest BCUT2D eigenvalue weighted by Gasteiger charge is -2.03. The quantitative estimate of drug-likeness (QED) is 0.770. The maximum Gasteiger partial charge on any atom is 0.253 e. The summed E-state index contributed by atoms with van der Waals surface area (Å²) in [5, 5.41) is 3.85. The number of thioether (sulfide) groups is 1. The fourth-order valence-electron chi connectivity index (χ4n) is 1.14. The highest BCUT2D eigenvalue weighted by Crippen LogP contribution is 2.18. The Morgan fingerprint density at radius 3 is 2.88 bits per heavy atom. The van der Waals surface area contributed by atoms with Crippen LogP contribution in [0.4, 0.5) is 0 Å². The van der Waals surface area contributed by atoms with E-state index < -0.39 is 0 Å². The number of carbonyl (C=O) groups is 1. The molecule has 0 aliphatic rings. The second-order valence-electron chi connectivity index (χ2n) is 3.25. The molecule has 0 aliphatic carbocycles.